The molecule has 2 bridgehead atoms. The van der Waals surface area contributed by atoms with Crippen LogP contribution in [-0.4, -0.2) is 32.8 Å². The van der Waals surface area contributed by atoms with Crippen molar-refractivity contribution >= 4 is 16.3 Å². The summed E-state index contributed by atoms with van der Waals surface area (Å²) in [5.74, 6) is 0.309. The van der Waals surface area contributed by atoms with Gasteiger partial charge in [-0.05, 0) is 19.3 Å². The van der Waals surface area contributed by atoms with Crippen molar-refractivity contribution in [2.75, 3.05) is 0 Å². The van der Waals surface area contributed by atoms with Gasteiger partial charge in [-0.15, -0.1) is 11.3 Å². The Morgan fingerprint density at radius 1 is 1.56 bits per heavy atom. The zero-order valence-electron chi connectivity index (χ0n) is 10.0. The number of imidazole rings is 1. The Morgan fingerprint density at radius 3 is 3.22 bits per heavy atom. The van der Waals surface area contributed by atoms with E-state index in [0.717, 1.165) is 23.5 Å². The summed E-state index contributed by atoms with van der Waals surface area (Å²) in [6, 6.07) is 0. The Labute approximate surface area is 109 Å². The maximum atomic E-state index is 10.4. The predicted octanol–water partition coefficient (Wildman–Crippen LogP) is 1.87. The number of thiazole rings is 1. The van der Waals surface area contributed by atoms with Gasteiger partial charge in [0.05, 0.1) is 24.0 Å². The first-order chi connectivity index (χ1) is 8.79. The molecule has 4 rings (SSSR count). The van der Waals surface area contributed by atoms with E-state index in [1.54, 1.807) is 11.3 Å². The third-order valence-corrected chi connectivity index (χ3v) is 4.98. The third kappa shape index (κ3) is 1.69. The number of nitrogens with zero attached hydrogens (tertiary/aromatic N) is 2. The second kappa shape index (κ2) is 4.05. The average molecular weight is 264 g/mol. The molecule has 2 aromatic heterocycles. The summed E-state index contributed by atoms with van der Waals surface area (Å²) < 4.78 is 7.82. The van der Waals surface area contributed by atoms with E-state index in [0.29, 0.717) is 18.4 Å². The van der Waals surface area contributed by atoms with Crippen LogP contribution in [0.15, 0.2) is 17.8 Å². The van der Waals surface area contributed by atoms with Gasteiger partial charge in [-0.3, -0.25) is 4.40 Å². The Bertz CT molecular complexity index is 536. The van der Waals surface area contributed by atoms with Crippen LogP contribution in [0.1, 0.15) is 25.0 Å². The van der Waals surface area contributed by atoms with Crippen molar-refractivity contribution in [3.8, 4) is 0 Å². The molecule has 0 spiro atoms. The van der Waals surface area contributed by atoms with Crippen LogP contribution in [0.25, 0.3) is 4.96 Å². The normalized spacial score (nSPS) is 32.4. The van der Waals surface area contributed by atoms with E-state index in [9.17, 15) is 5.11 Å². The topological polar surface area (TPSA) is 46.8 Å². The van der Waals surface area contributed by atoms with Gasteiger partial charge in [-0.25, -0.2) is 4.98 Å². The molecule has 4 atom stereocenters. The summed E-state index contributed by atoms with van der Waals surface area (Å²) in [5.41, 5.74) is 0.983. The maximum absolute atomic E-state index is 10.4. The summed E-state index contributed by atoms with van der Waals surface area (Å²) in [4.78, 5) is 5.53. The standard InChI is InChI=1S/C13H16N2O2S/c16-11(10-6-9-1-2-12(10)17-9)5-8-7-15-3-4-18-13(15)14-8/h3-4,7,9-12,16H,1-2,5-6H2. The Kier molecular flexibility index (Phi) is 2.46. The lowest BCUT2D eigenvalue weighted by Crippen LogP contribution is -2.31. The van der Waals surface area contributed by atoms with Crippen LogP contribution in [0, 0.1) is 5.92 Å². The Morgan fingerprint density at radius 2 is 2.50 bits per heavy atom. The number of aromatic nitrogens is 2. The van der Waals surface area contributed by atoms with E-state index in [-0.39, 0.29) is 12.2 Å². The van der Waals surface area contributed by atoms with Crippen LogP contribution in [-0.2, 0) is 11.2 Å². The minimum Gasteiger partial charge on any atom is -0.392 e. The van der Waals surface area contributed by atoms with Gasteiger partial charge >= 0.3 is 0 Å². The molecule has 0 radical (unpaired) electrons. The molecule has 2 saturated heterocycles. The SMILES string of the molecule is OC(Cc1cn2ccsc2n1)C1CC2CCC1O2. The lowest BCUT2D eigenvalue weighted by atomic mass is 9.84. The fourth-order valence-corrected chi connectivity index (χ4v) is 4.04. The number of fused-ring (bicyclic) bond motifs is 3. The number of hydrogen-bond donors (Lipinski definition) is 1. The van der Waals surface area contributed by atoms with Crippen LogP contribution in [0.5, 0.6) is 0 Å². The molecule has 0 aromatic carbocycles. The number of aliphatic hydroxyl groups excluding tert-OH is 1. The fraction of sp³-hybridized carbons (Fsp3) is 0.615. The van der Waals surface area contributed by atoms with Crippen LogP contribution in [0.4, 0.5) is 0 Å². The highest BCUT2D eigenvalue weighted by molar-refractivity contribution is 7.15. The molecule has 4 nitrogen and oxygen atoms in total. The highest BCUT2D eigenvalue weighted by atomic mass is 32.1. The van der Waals surface area contributed by atoms with Gasteiger partial charge in [0, 0.05) is 30.1 Å². The summed E-state index contributed by atoms with van der Waals surface area (Å²) in [6.07, 6.45) is 8.35. The number of rotatable bonds is 3. The molecule has 5 heteroatoms. The third-order valence-electron chi connectivity index (χ3n) is 4.21. The van der Waals surface area contributed by atoms with Gasteiger partial charge < -0.3 is 9.84 Å². The van der Waals surface area contributed by atoms with Crippen molar-refractivity contribution < 1.29 is 9.84 Å². The Hall–Kier alpha value is -0.910. The van der Waals surface area contributed by atoms with Crippen LogP contribution in [0.3, 0.4) is 0 Å². The van der Waals surface area contributed by atoms with Gasteiger partial charge in [-0.1, -0.05) is 0 Å². The molecule has 2 aliphatic rings. The van der Waals surface area contributed by atoms with E-state index in [1.807, 2.05) is 22.2 Å². The molecule has 0 aliphatic carbocycles. The van der Waals surface area contributed by atoms with Crippen LogP contribution < -0.4 is 0 Å². The maximum Gasteiger partial charge on any atom is 0.193 e. The van der Waals surface area contributed by atoms with Crippen molar-refractivity contribution in [1.82, 2.24) is 9.38 Å². The second-order valence-corrected chi connectivity index (χ2v) is 6.24. The van der Waals surface area contributed by atoms with Gasteiger partial charge in [0.25, 0.3) is 0 Å². The minimum atomic E-state index is -0.315. The van der Waals surface area contributed by atoms with Crippen molar-refractivity contribution in [2.24, 2.45) is 5.92 Å². The van der Waals surface area contributed by atoms with Gasteiger partial charge in [0.1, 0.15) is 0 Å². The first kappa shape index (κ1) is 11.0. The second-order valence-electron chi connectivity index (χ2n) is 5.37. The molecule has 18 heavy (non-hydrogen) atoms. The first-order valence-electron chi connectivity index (χ1n) is 6.54. The van der Waals surface area contributed by atoms with Crippen LogP contribution in [0.2, 0.25) is 0 Å². The van der Waals surface area contributed by atoms with E-state index < -0.39 is 0 Å². The highest BCUT2D eigenvalue weighted by Crippen LogP contribution is 2.40. The number of ether oxygens (including phenoxy) is 1. The summed E-state index contributed by atoms with van der Waals surface area (Å²) >= 11 is 1.63. The molecular formula is C13H16N2O2S. The molecule has 0 saturated carbocycles. The number of hydrogen-bond acceptors (Lipinski definition) is 4. The van der Waals surface area contributed by atoms with Crippen molar-refractivity contribution in [2.45, 2.75) is 44.0 Å². The molecule has 2 fully saturated rings. The lowest BCUT2D eigenvalue weighted by Gasteiger charge is -2.23. The quantitative estimate of drug-likeness (QED) is 0.920. The van der Waals surface area contributed by atoms with Gasteiger partial charge in [-0.2, -0.15) is 0 Å². The Balaban J connectivity index is 1.49. The zero-order chi connectivity index (χ0) is 12.1. The molecule has 2 aliphatic heterocycles. The zero-order valence-corrected chi connectivity index (χ0v) is 10.8. The molecule has 1 N–H and O–H groups in total. The average Bonchev–Trinajstić information content (AvgIpc) is 3.07. The van der Waals surface area contributed by atoms with Crippen molar-refractivity contribution in [3.05, 3.63) is 23.5 Å². The minimum absolute atomic E-state index is 0.286. The monoisotopic (exact) mass is 264 g/mol. The number of aliphatic hydroxyl groups is 1. The van der Waals surface area contributed by atoms with Crippen molar-refractivity contribution in [3.63, 3.8) is 0 Å². The summed E-state index contributed by atoms with van der Waals surface area (Å²) in [5, 5.41) is 12.4. The fourth-order valence-electron chi connectivity index (χ4n) is 3.32. The molecule has 2 aromatic rings. The molecule has 96 valence electrons. The molecule has 4 unspecified atom stereocenters. The van der Waals surface area contributed by atoms with E-state index in [4.69, 9.17) is 4.74 Å². The molecule has 0 amide bonds. The molecule has 4 heterocycles. The van der Waals surface area contributed by atoms with Gasteiger partial charge in [0.2, 0.25) is 0 Å². The molecular weight excluding hydrogens is 248 g/mol. The highest BCUT2D eigenvalue weighted by Gasteiger charge is 2.43. The smallest absolute Gasteiger partial charge is 0.193 e. The predicted molar refractivity (Wildman–Crippen MR) is 68.8 cm³/mol. The summed E-state index contributed by atoms with van der Waals surface area (Å²) in [6.45, 7) is 0. The lowest BCUT2D eigenvalue weighted by molar-refractivity contribution is 0.0428. The van der Waals surface area contributed by atoms with Crippen molar-refractivity contribution in [1.29, 1.82) is 0 Å². The summed E-state index contributed by atoms with van der Waals surface area (Å²) in [7, 11) is 0. The largest absolute Gasteiger partial charge is 0.392 e. The van der Waals surface area contributed by atoms with E-state index in [1.165, 1.54) is 6.42 Å². The van der Waals surface area contributed by atoms with Crippen LogP contribution >= 0.6 is 11.3 Å². The van der Waals surface area contributed by atoms with E-state index in [2.05, 4.69) is 4.98 Å². The van der Waals surface area contributed by atoms with E-state index >= 15 is 0 Å². The first-order valence-corrected chi connectivity index (χ1v) is 7.42. The van der Waals surface area contributed by atoms with Gasteiger partial charge in [0.15, 0.2) is 4.96 Å².